The summed E-state index contributed by atoms with van der Waals surface area (Å²) in [4.78, 5) is 18.8. The molecule has 0 aliphatic heterocycles. The van der Waals surface area contributed by atoms with Gasteiger partial charge in [-0.2, -0.15) is 13.2 Å². The van der Waals surface area contributed by atoms with Crippen molar-refractivity contribution >= 4 is 33.7 Å². The first kappa shape index (κ1) is 20.3. The van der Waals surface area contributed by atoms with Crippen molar-refractivity contribution in [2.75, 3.05) is 0 Å². The van der Waals surface area contributed by atoms with Crippen LogP contribution >= 0.6 is 27.7 Å². The quantitative estimate of drug-likeness (QED) is 0.372. The third-order valence-electron chi connectivity index (χ3n) is 3.70. The van der Waals surface area contributed by atoms with Crippen LogP contribution in [0, 0.1) is 0 Å². The summed E-state index contributed by atoms with van der Waals surface area (Å²) >= 11 is 4.34. The van der Waals surface area contributed by atoms with E-state index >= 15 is 0 Å². The number of carbonyl (C=O) groups is 1. The van der Waals surface area contributed by atoms with Crippen LogP contribution in [0.3, 0.4) is 0 Å². The molecule has 144 valence electrons. The van der Waals surface area contributed by atoms with Crippen LogP contribution in [-0.2, 0) is 11.9 Å². The zero-order valence-electron chi connectivity index (χ0n) is 14.1. The molecule has 1 heterocycles. The molecule has 3 rings (SSSR count). The molecule has 0 spiro atoms. The highest BCUT2D eigenvalue weighted by molar-refractivity contribution is 9.10. The van der Waals surface area contributed by atoms with Gasteiger partial charge < -0.3 is 5.11 Å². The van der Waals surface area contributed by atoms with Crippen molar-refractivity contribution in [3.05, 3.63) is 75.9 Å². The molecule has 2 aromatic carbocycles. The molecule has 0 atom stereocenters. The second-order valence-corrected chi connectivity index (χ2v) is 7.57. The van der Waals surface area contributed by atoms with Gasteiger partial charge in [0.05, 0.1) is 11.3 Å². The van der Waals surface area contributed by atoms with Crippen LogP contribution in [0.5, 0.6) is 0 Å². The van der Waals surface area contributed by atoms with E-state index in [1.54, 1.807) is 36.4 Å². The lowest BCUT2D eigenvalue weighted by molar-refractivity contribution is -0.141. The number of hydrogen-bond donors (Lipinski definition) is 1. The maximum Gasteiger partial charge on any atom is 0.433 e. The van der Waals surface area contributed by atoms with E-state index in [1.807, 2.05) is 0 Å². The minimum atomic E-state index is -4.59. The molecule has 0 aliphatic carbocycles. The van der Waals surface area contributed by atoms with E-state index in [0.29, 0.717) is 11.3 Å². The number of benzene rings is 2. The van der Waals surface area contributed by atoms with E-state index in [-0.39, 0.29) is 16.4 Å². The number of nitrogens with zero attached hydrogens (tertiary/aromatic N) is 2. The normalized spacial score (nSPS) is 11.4. The van der Waals surface area contributed by atoms with Gasteiger partial charge in [-0.3, -0.25) is 0 Å². The largest absolute Gasteiger partial charge is 0.478 e. The average Bonchev–Trinajstić information content (AvgIpc) is 2.66. The molecular formula is C19H12BrF3N2O2S. The van der Waals surface area contributed by atoms with E-state index in [9.17, 15) is 18.0 Å². The summed E-state index contributed by atoms with van der Waals surface area (Å²) in [7, 11) is 0. The van der Waals surface area contributed by atoms with E-state index in [0.717, 1.165) is 27.9 Å². The van der Waals surface area contributed by atoms with Crippen LogP contribution in [0.25, 0.3) is 11.3 Å². The smallest absolute Gasteiger partial charge is 0.433 e. The summed E-state index contributed by atoms with van der Waals surface area (Å²) in [5.74, 6) is -0.736. The van der Waals surface area contributed by atoms with Gasteiger partial charge in [0, 0.05) is 15.8 Å². The molecule has 0 radical (unpaired) electrons. The van der Waals surface area contributed by atoms with Crippen LogP contribution in [0.2, 0.25) is 0 Å². The van der Waals surface area contributed by atoms with Crippen LogP contribution in [0.1, 0.15) is 21.6 Å². The molecule has 0 bridgehead atoms. The summed E-state index contributed by atoms with van der Waals surface area (Å²) in [6, 6.07) is 13.8. The van der Waals surface area contributed by atoms with Crippen molar-refractivity contribution in [3.63, 3.8) is 0 Å². The Morgan fingerprint density at radius 1 is 1.04 bits per heavy atom. The van der Waals surface area contributed by atoms with E-state index in [4.69, 9.17) is 5.11 Å². The molecule has 4 nitrogen and oxygen atoms in total. The second-order valence-electron chi connectivity index (χ2n) is 5.72. The molecule has 3 aromatic rings. The van der Waals surface area contributed by atoms with Crippen LogP contribution in [0.4, 0.5) is 13.2 Å². The fraction of sp³-hybridized carbons (Fsp3) is 0.105. The highest BCUT2D eigenvalue weighted by atomic mass is 79.9. The zero-order chi connectivity index (χ0) is 20.3. The highest BCUT2D eigenvalue weighted by Gasteiger charge is 2.33. The number of thioether (sulfide) groups is 1. The number of rotatable bonds is 5. The van der Waals surface area contributed by atoms with Gasteiger partial charge in [0.25, 0.3) is 0 Å². The van der Waals surface area contributed by atoms with Gasteiger partial charge in [-0.25, -0.2) is 14.8 Å². The molecule has 0 unspecified atom stereocenters. The Balaban J connectivity index is 1.88. The third kappa shape index (κ3) is 5.11. The van der Waals surface area contributed by atoms with Gasteiger partial charge in [0.15, 0.2) is 5.16 Å². The molecule has 0 aliphatic rings. The third-order valence-corrected chi connectivity index (χ3v) is 5.15. The number of aromatic carboxylic acids is 1. The summed E-state index contributed by atoms with van der Waals surface area (Å²) < 4.78 is 40.6. The Labute approximate surface area is 171 Å². The molecule has 0 saturated carbocycles. The molecule has 0 saturated heterocycles. The average molecular weight is 469 g/mol. The maximum absolute atomic E-state index is 13.2. The van der Waals surface area contributed by atoms with Gasteiger partial charge in [0.2, 0.25) is 0 Å². The van der Waals surface area contributed by atoms with Gasteiger partial charge in [-0.05, 0) is 35.9 Å². The standard InChI is InChI=1S/C19H12BrF3N2O2S/c20-14-7-5-12(6-8-14)15-9-16(19(21,22)23)25-18(24-15)28-10-11-1-3-13(4-2-11)17(26)27/h1-9H,10H2,(H,26,27). The number of carboxylic acid groups (broad SMARTS) is 1. The molecule has 1 aromatic heterocycles. The summed E-state index contributed by atoms with van der Waals surface area (Å²) in [5, 5.41) is 8.91. The fourth-order valence-electron chi connectivity index (χ4n) is 2.29. The highest BCUT2D eigenvalue weighted by Crippen LogP contribution is 2.33. The molecular weight excluding hydrogens is 457 g/mol. The topological polar surface area (TPSA) is 63.1 Å². The first-order valence-corrected chi connectivity index (χ1v) is 9.67. The Hall–Kier alpha value is -2.39. The minimum absolute atomic E-state index is 0.00458. The molecule has 0 fully saturated rings. The molecule has 0 amide bonds. The Bertz CT molecular complexity index is 994. The van der Waals surface area contributed by atoms with Gasteiger partial charge >= 0.3 is 12.1 Å². The van der Waals surface area contributed by atoms with Crippen molar-refractivity contribution < 1.29 is 23.1 Å². The second kappa shape index (κ2) is 8.32. The number of halogens is 4. The Morgan fingerprint density at radius 3 is 2.25 bits per heavy atom. The van der Waals surface area contributed by atoms with E-state index < -0.39 is 17.8 Å². The van der Waals surface area contributed by atoms with Crippen molar-refractivity contribution in [2.45, 2.75) is 17.1 Å². The van der Waals surface area contributed by atoms with Crippen molar-refractivity contribution in [2.24, 2.45) is 0 Å². The number of carboxylic acids is 1. The lowest BCUT2D eigenvalue weighted by atomic mass is 10.1. The first-order valence-electron chi connectivity index (χ1n) is 7.89. The lowest BCUT2D eigenvalue weighted by Gasteiger charge is -2.11. The van der Waals surface area contributed by atoms with Crippen molar-refractivity contribution in [3.8, 4) is 11.3 Å². The lowest BCUT2D eigenvalue weighted by Crippen LogP contribution is -2.10. The minimum Gasteiger partial charge on any atom is -0.478 e. The zero-order valence-corrected chi connectivity index (χ0v) is 16.5. The number of aromatic nitrogens is 2. The predicted octanol–water partition coefficient (Wildman–Crippen LogP) is 5.92. The number of hydrogen-bond acceptors (Lipinski definition) is 4. The SMILES string of the molecule is O=C(O)c1ccc(CSc2nc(-c3ccc(Br)cc3)cc(C(F)(F)F)n2)cc1. The molecule has 28 heavy (non-hydrogen) atoms. The fourth-order valence-corrected chi connectivity index (χ4v) is 3.37. The van der Waals surface area contributed by atoms with E-state index in [2.05, 4.69) is 25.9 Å². The summed E-state index contributed by atoms with van der Waals surface area (Å²) in [6.45, 7) is 0. The predicted molar refractivity (Wildman–Crippen MR) is 103 cm³/mol. The maximum atomic E-state index is 13.2. The summed E-state index contributed by atoms with van der Waals surface area (Å²) in [5.41, 5.74) is 0.606. The van der Waals surface area contributed by atoms with Gasteiger partial charge in [0.1, 0.15) is 5.69 Å². The van der Waals surface area contributed by atoms with Crippen LogP contribution in [-0.4, -0.2) is 21.0 Å². The van der Waals surface area contributed by atoms with Gasteiger partial charge in [-0.15, -0.1) is 0 Å². The molecule has 1 N–H and O–H groups in total. The van der Waals surface area contributed by atoms with Gasteiger partial charge in [-0.1, -0.05) is 52.0 Å². The monoisotopic (exact) mass is 468 g/mol. The summed E-state index contributed by atoms with van der Waals surface area (Å²) in [6.07, 6.45) is -4.59. The van der Waals surface area contributed by atoms with Crippen LogP contribution in [0.15, 0.2) is 64.2 Å². The van der Waals surface area contributed by atoms with Crippen LogP contribution < -0.4 is 0 Å². The molecule has 9 heteroatoms. The van der Waals surface area contributed by atoms with Crippen molar-refractivity contribution in [1.82, 2.24) is 9.97 Å². The Kier molecular flexibility index (Phi) is 6.04. The van der Waals surface area contributed by atoms with E-state index in [1.165, 1.54) is 12.1 Å². The number of alkyl halides is 3. The van der Waals surface area contributed by atoms with Crippen molar-refractivity contribution in [1.29, 1.82) is 0 Å². The first-order chi connectivity index (χ1) is 13.2. The Morgan fingerprint density at radius 2 is 1.68 bits per heavy atom.